The molecule has 5 heteroatoms. The van der Waals surface area contributed by atoms with Crippen molar-refractivity contribution >= 4 is 23.0 Å². The zero-order valence-electron chi connectivity index (χ0n) is 11.4. The average molecular weight is 271 g/mol. The maximum Gasteiger partial charge on any atom is 0.257 e. The van der Waals surface area contributed by atoms with Crippen LogP contribution in [-0.2, 0) is 0 Å². The van der Waals surface area contributed by atoms with Crippen LogP contribution in [-0.4, -0.2) is 13.0 Å². The Balaban J connectivity index is 2.21. The summed E-state index contributed by atoms with van der Waals surface area (Å²) in [4.78, 5) is 12.1. The highest BCUT2D eigenvalue weighted by molar-refractivity contribution is 6.08. The lowest BCUT2D eigenvalue weighted by Crippen LogP contribution is -2.14. The number of rotatable bonds is 3. The van der Waals surface area contributed by atoms with E-state index in [9.17, 15) is 4.79 Å². The highest BCUT2D eigenvalue weighted by atomic mass is 16.5. The summed E-state index contributed by atoms with van der Waals surface area (Å²) < 4.78 is 5.18. The Bertz CT molecular complexity index is 654. The molecule has 0 aliphatic rings. The highest BCUT2D eigenvalue weighted by Gasteiger charge is 2.10. The van der Waals surface area contributed by atoms with Crippen LogP contribution in [0.2, 0.25) is 0 Å². The van der Waals surface area contributed by atoms with Crippen molar-refractivity contribution in [2.75, 3.05) is 23.9 Å². The van der Waals surface area contributed by atoms with Crippen LogP contribution in [0.5, 0.6) is 5.75 Å². The number of aryl methyl sites for hydroxylation is 1. The fourth-order valence-electron chi connectivity index (χ4n) is 1.94. The standard InChI is InChI=1S/C15H17N3O2/c1-9-7-11(4-6-14(9)20-2)18-15(19)12-5-3-10(16)8-13(12)17/h3-8H,16-17H2,1-2H3,(H,18,19). The fraction of sp³-hybridized carbons (Fsp3) is 0.133. The number of carbonyl (C=O) groups excluding carboxylic acids is 1. The zero-order chi connectivity index (χ0) is 14.7. The SMILES string of the molecule is COc1ccc(NC(=O)c2ccc(N)cc2N)cc1C. The van der Waals surface area contributed by atoms with E-state index in [1.807, 2.05) is 13.0 Å². The highest BCUT2D eigenvalue weighted by Crippen LogP contribution is 2.23. The topological polar surface area (TPSA) is 90.4 Å². The molecule has 0 unspecified atom stereocenters. The van der Waals surface area contributed by atoms with Gasteiger partial charge in [-0.15, -0.1) is 0 Å². The third kappa shape index (κ3) is 2.83. The summed E-state index contributed by atoms with van der Waals surface area (Å²) in [5.74, 6) is 0.502. The van der Waals surface area contributed by atoms with Gasteiger partial charge in [0.15, 0.2) is 0 Å². The molecule has 5 nitrogen and oxygen atoms in total. The molecule has 2 aromatic rings. The summed E-state index contributed by atoms with van der Waals surface area (Å²) in [5.41, 5.74) is 14.3. The van der Waals surface area contributed by atoms with Crippen molar-refractivity contribution in [1.82, 2.24) is 0 Å². The van der Waals surface area contributed by atoms with E-state index in [1.165, 1.54) is 0 Å². The van der Waals surface area contributed by atoms with Gasteiger partial charge in [-0.1, -0.05) is 0 Å². The molecule has 0 aliphatic heterocycles. The van der Waals surface area contributed by atoms with Crippen molar-refractivity contribution in [2.45, 2.75) is 6.92 Å². The van der Waals surface area contributed by atoms with Crippen LogP contribution >= 0.6 is 0 Å². The number of nitrogen functional groups attached to an aromatic ring is 2. The van der Waals surface area contributed by atoms with E-state index in [-0.39, 0.29) is 5.91 Å². The smallest absolute Gasteiger partial charge is 0.257 e. The maximum absolute atomic E-state index is 12.1. The molecule has 5 N–H and O–H groups in total. The normalized spacial score (nSPS) is 10.1. The molecule has 0 saturated heterocycles. The fourth-order valence-corrected chi connectivity index (χ4v) is 1.94. The molecule has 0 spiro atoms. The number of hydrogen-bond acceptors (Lipinski definition) is 4. The largest absolute Gasteiger partial charge is 0.496 e. The van der Waals surface area contributed by atoms with Gasteiger partial charge in [0, 0.05) is 17.1 Å². The van der Waals surface area contributed by atoms with Crippen LogP contribution in [0.1, 0.15) is 15.9 Å². The number of nitrogens with two attached hydrogens (primary N) is 2. The number of nitrogens with one attached hydrogen (secondary N) is 1. The van der Waals surface area contributed by atoms with Gasteiger partial charge in [-0.25, -0.2) is 0 Å². The van der Waals surface area contributed by atoms with Crippen molar-refractivity contribution in [3.05, 3.63) is 47.5 Å². The van der Waals surface area contributed by atoms with E-state index in [0.29, 0.717) is 22.6 Å². The number of amides is 1. The van der Waals surface area contributed by atoms with E-state index >= 15 is 0 Å². The minimum Gasteiger partial charge on any atom is -0.496 e. The van der Waals surface area contributed by atoms with E-state index in [2.05, 4.69) is 5.32 Å². The van der Waals surface area contributed by atoms with Crippen LogP contribution in [0, 0.1) is 6.92 Å². The Labute approximate surface area is 117 Å². The minimum atomic E-state index is -0.271. The molecule has 2 aromatic carbocycles. The molecule has 0 aliphatic carbocycles. The van der Waals surface area contributed by atoms with Crippen molar-refractivity contribution in [3.63, 3.8) is 0 Å². The first-order valence-corrected chi connectivity index (χ1v) is 6.12. The first kappa shape index (κ1) is 13.7. The van der Waals surface area contributed by atoms with E-state index in [4.69, 9.17) is 16.2 Å². The quantitative estimate of drug-likeness (QED) is 0.748. The molecule has 1 amide bonds. The summed E-state index contributed by atoms with van der Waals surface area (Å²) >= 11 is 0. The zero-order valence-corrected chi connectivity index (χ0v) is 11.4. The van der Waals surface area contributed by atoms with Crippen LogP contribution in [0.25, 0.3) is 0 Å². The van der Waals surface area contributed by atoms with Crippen molar-refractivity contribution in [2.24, 2.45) is 0 Å². The summed E-state index contributed by atoms with van der Waals surface area (Å²) in [6.07, 6.45) is 0. The van der Waals surface area contributed by atoms with Gasteiger partial charge in [-0.2, -0.15) is 0 Å². The molecule has 2 rings (SSSR count). The molecule has 20 heavy (non-hydrogen) atoms. The minimum absolute atomic E-state index is 0.271. The Kier molecular flexibility index (Phi) is 3.79. The third-order valence-electron chi connectivity index (χ3n) is 2.97. The molecule has 0 atom stereocenters. The number of hydrogen-bond donors (Lipinski definition) is 3. The lowest BCUT2D eigenvalue weighted by molar-refractivity contribution is 0.102. The maximum atomic E-state index is 12.1. The van der Waals surface area contributed by atoms with Gasteiger partial charge in [0.1, 0.15) is 5.75 Å². The lowest BCUT2D eigenvalue weighted by Gasteiger charge is -2.10. The molecule has 0 radical (unpaired) electrons. The molecule has 104 valence electrons. The van der Waals surface area contributed by atoms with Crippen molar-refractivity contribution in [1.29, 1.82) is 0 Å². The van der Waals surface area contributed by atoms with E-state index in [1.54, 1.807) is 37.4 Å². The monoisotopic (exact) mass is 271 g/mol. The first-order chi connectivity index (χ1) is 9.51. The van der Waals surface area contributed by atoms with Gasteiger partial charge in [0.25, 0.3) is 5.91 Å². The third-order valence-corrected chi connectivity index (χ3v) is 2.97. The summed E-state index contributed by atoms with van der Waals surface area (Å²) in [6, 6.07) is 10.2. The Morgan fingerprint density at radius 3 is 2.50 bits per heavy atom. The molecule has 0 heterocycles. The number of ether oxygens (including phenoxy) is 1. The van der Waals surface area contributed by atoms with Crippen LogP contribution < -0.4 is 21.5 Å². The van der Waals surface area contributed by atoms with Crippen molar-refractivity contribution in [3.8, 4) is 5.75 Å². The molecule has 0 bridgehead atoms. The Morgan fingerprint density at radius 1 is 1.15 bits per heavy atom. The van der Waals surface area contributed by atoms with Gasteiger partial charge >= 0.3 is 0 Å². The predicted octanol–water partition coefficient (Wildman–Crippen LogP) is 2.42. The molecule has 0 saturated carbocycles. The molecule has 0 aromatic heterocycles. The summed E-state index contributed by atoms with van der Waals surface area (Å²) in [6.45, 7) is 1.91. The molecular weight excluding hydrogens is 254 g/mol. The lowest BCUT2D eigenvalue weighted by atomic mass is 10.1. The van der Waals surface area contributed by atoms with Crippen LogP contribution in [0.4, 0.5) is 17.1 Å². The van der Waals surface area contributed by atoms with E-state index in [0.717, 1.165) is 11.3 Å². The number of anilines is 3. The average Bonchev–Trinajstić information content (AvgIpc) is 2.38. The van der Waals surface area contributed by atoms with E-state index < -0.39 is 0 Å². The van der Waals surface area contributed by atoms with Gasteiger partial charge < -0.3 is 21.5 Å². The van der Waals surface area contributed by atoms with Crippen molar-refractivity contribution < 1.29 is 9.53 Å². The van der Waals surface area contributed by atoms with Crippen LogP contribution in [0.3, 0.4) is 0 Å². The van der Waals surface area contributed by atoms with Crippen LogP contribution in [0.15, 0.2) is 36.4 Å². The van der Waals surface area contributed by atoms with Gasteiger partial charge in [-0.3, -0.25) is 4.79 Å². The Morgan fingerprint density at radius 2 is 1.90 bits per heavy atom. The Hall–Kier alpha value is -2.69. The molecule has 0 fully saturated rings. The second-order valence-corrected chi connectivity index (χ2v) is 4.49. The second-order valence-electron chi connectivity index (χ2n) is 4.49. The van der Waals surface area contributed by atoms with Gasteiger partial charge in [-0.05, 0) is 48.9 Å². The number of benzene rings is 2. The first-order valence-electron chi connectivity index (χ1n) is 6.12. The summed E-state index contributed by atoms with van der Waals surface area (Å²) in [7, 11) is 1.61. The molecular formula is C15H17N3O2. The summed E-state index contributed by atoms with van der Waals surface area (Å²) in [5, 5.41) is 2.80. The predicted molar refractivity (Wildman–Crippen MR) is 81.0 cm³/mol. The van der Waals surface area contributed by atoms with Gasteiger partial charge in [0.05, 0.1) is 12.7 Å². The number of methoxy groups -OCH3 is 1. The second kappa shape index (κ2) is 5.52. The van der Waals surface area contributed by atoms with Gasteiger partial charge in [0.2, 0.25) is 0 Å². The number of carbonyl (C=O) groups is 1.